The number of hydrogen-bond acceptors (Lipinski definition) is 1. The van der Waals surface area contributed by atoms with Crippen LogP contribution < -0.4 is 0 Å². The second-order valence-corrected chi connectivity index (χ2v) is 6.20. The molecule has 0 radical (unpaired) electrons. The third-order valence-electron chi connectivity index (χ3n) is 4.80. The minimum absolute atomic E-state index is 0.212. The number of fused-ring (bicyclic) bond motifs is 2. The van der Waals surface area contributed by atoms with Crippen molar-refractivity contribution in [2.24, 2.45) is 5.41 Å². The van der Waals surface area contributed by atoms with Gasteiger partial charge in [0.15, 0.2) is 0 Å². The first-order valence-corrected chi connectivity index (χ1v) is 7.20. The molecule has 20 heavy (non-hydrogen) atoms. The molecule has 0 saturated heterocycles. The molecule has 1 atom stereocenters. The van der Waals surface area contributed by atoms with Gasteiger partial charge in [-0.1, -0.05) is 12.5 Å². The summed E-state index contributed by atoms with van der Waals surface area (Å²) in [5, 5.41) is 4.51. The maximum absolute atomic E-state index is 13.1. The first-order valence-electron chi connectivity index (χ1n) is 7.20. The van der Waals surface area contributed by atoms with E-state index in [2.05, 4.69) is 18.1 Å². The molecule has 1 fully saturated rings. The molecular formula is C17H17FN2. The van der Waals surface area contributed by atoms with Gasteiger partial charge in [-0.05, 0) is 67.0 Å². The Hall–Kier alpha value is -1.90. The molecule has 1 aromatic heterocycles. The van der Waals surface area contributed by atoms with Crippen LogP contribution in [0.15, 0.2) is 36.0 Å². The molecular weight excluding hydrogens is 251 g/mol. The summed E-state index contributed by atoms with van der Waals surface area (Å²) in [7, 11) is 0. The molecule has 2 aromatic rings. The van der Waals surface area contributed by atoms with Gasteiger partial charge in [-0.25, -0.2) is 9.07 Å². The molecule has 2 aliphatic carbocycles. The molecule has 2 nitrogen and oxygen atoms in total. The molecule has 0 bridgehead atoms. The number of benzene rings is 1. The van der Waals surface area contributed by atoms with Crippen LogP contribution in [0.25, 0.3) is 11.8 Å². The summed E-state index contributed by atoms with van der Waals surface area (Å²) >= 11 is 0. The van der Waals surface area contributed by atoms with Gasteiger partial charge in [0, 0.05) is 0 Å². The van der Waals surface area contributed by atoms with Crippen LogP contribution in [0.4, 0.5) is 4.39 Å². The number of nitrogens with zero attached hydrogens (tertiary/aromatic N) is 2. The molecule has 1 heterocycles. The monoisotopic (exact) mass is 268 g/mol. The van der Waals surface area contributed by atoms with Gasteiger partial charge in [0.05, 0.1) is 17.6 Å². The van der Waals surface area contributed by atoms with Crippen molar-refractivity contribution < 1.29 is 4.39 Å². The molecule has 102 valence electrons. The molecule has 2 aliphatic rings. The highest BCUT2D eigenvalue weighted by Gasteiger charge is 2.37. The summed E-state index contributed by atoms with van der Waals surface area (Å²) in [5.74, 6) is -0.212. The highest BCUT2D eigenvalue weighted by molar-refractivity contribution is 5.61. The molecule has 0 spiro atoms. The second-order valence-electron chi connectivity index (χ2n) is 6.20. The number of halogens is 1. The fraction of sp³-hybridized carbons (Fsp3) is 0.353. The lowest BCUT2D eigenvalue weighted by molar-refractivity contribution is 0.405. The highest BCUT2D eigenvalue weighted by Crippen LogP contribution is 2.49. The first kappa shape index (κ1) is 11.9. The Kier molecular flexibility index (Phi) is 2.40. The predicted octanol–water partition coefficient (Wildman–Crippen LogP) is 4.14. The summed E-state index contributed by atoms with van der Waals surface area (Å²) in [4.78, 5) is 0. The molecule has 0 amide bonds. The summed E-state index contributed by atoms with van der Waals surface area (Å²) in [5.41, 5.74) is 5.29. The lowest BCUT2D eigenvalue weighted by Crippen LogP contribution is -2.21. The van der Waals surface area contributed by atoms with Crippen molar-refractivity contribution in [3.05, 3.63) is 53.1 Å². The minimum atomic E-state index is -0.212. The van der Waals surface area contributed by atoms with E-state index in [1.54, 1.807) is 17.7 Å². The zero-order valence-corrected chi connectivity index (χ0v) is 11.6. The van der Waals surface area contributed by atoms with E-state index >= 15 is 0 Å². The third-order valence-corrected chi connectivity index (χ3v) is 4.80. The van der Waals surface area contributed by atoms with Crippen LogP contribution in [0.3, 0.4) is 0 Å². The minimum Gasteiger partial charge on any atom is -0.233 e. The van der Waals surface area contributed by atoms with E-state index in [9.17, 15) is 4.39 Å². The van der Waals surface area contributed by atoms with Crippen LogP contribution in [-0.2, 0) is 6.42 Å². The quantitative estimate of drug-likeness (QED) is 0.760. The van der Waals surface area contributed by atoms with E-state index in [0.717, 1.165) is 12.1 Å². The molecule has 0 N–H and O–H groups in total. The predicted molar refractivity (Wildman–Crippen MR) is 77.2 cm³/mol. The van der Waals surface area contributed by atoms with Gasteiger partial charge in [0.25, 0.3) is 0 Å². The number of rotatable bonds is 1. The van der Waals surface area contributed by atoms with Gasteiger partial charge in [-0.15, -0.1) is 0 Å². The number of allylic oxidation sites excluding steroid dienone is 1. The number of hydrogen-bond donors (Lipinski definition) is 0. The Morgan fingerprint density at radius 1 is 1.25 bits per heavy atom. The van der Waals surface area contributed by atoms with Crippen molar-refractivity contribution in [2.45, 2.75) is 32.6 Å². The van der Waals surface area contributed by atoms with Crippen molar-refractivity contribution in [1.29, 1.82) is 0 Å². The van der Waals surface area contributed by atoms with Crippen LogP contribution in [-0.4, -0.2) is 9.78 Å². The highest BCUT2D eigenvalue weighted by atomic mass is 19.1. The van der Waals surface area contributed by atoms with Crippen molar-refractivity contribution >= 4 is 6.08 Å². The summed E-state index contributed by atoms with van der Waals surface area (Å²) in [6.07, 6.45) is 9.12. The van der Waals surface area contributed by atoms with Crippen LogP contribution >= 0.6 is 0 Å². The lowest BCUT2D eigenvalue weighted by atomic mass is 9.75. The molecule has 4 rings (SSSR count). The molecule has 1 unspecified atom stereocenters. The molecule has 1 saturated carbocycles. The summed E-state index contributed by atoms with van der Waals surface area (Å²) < 4.78 is 15.0. The fourth-order valence-corrected chi connectivity index (χ4v) is 3.63. The van der Waals surface area contributed by atoms with Crippen LogP contribution in [0.2, 0.25) is 0 Å². The Morgan fingerprint density at radius 3 is 2.85 bits per heavy atom. The van der Waals surface area contributed by atoms with E-state index in [4.69, 9.17) is 0 Å². The van der Waals surface area contributed by atoms with Crippen molar-refractivity contribution in [3.63, 3.8) is 0 Å². The van der Waals surface area contributed by atoms with Crippen LogP contribution in [0.1, 0.15) is 37.4 Å². The average Bonchev–Trinajstić information content (AvgIpc) is 2.99. The standard InChI is InChI=1S/C17H17FN2/c1-17-8-2-3-13(17)9-16-12(10-17)11-19-20(16)15-6-4-14(18)5-7-15/h4-7,9,11H,2-3,8,10H2,1H3. The SMILES string of the molecule is CC12CCCC1=Cc1c(cnn1-c1ccc(F)cc1)C2. The van der Waals surface area contributed by atoms with Crippen molar-refractivity contribution in [3.8, 4) is 5.69 Å². The maximum atomic E-state index is 13.1. The van der Waals surface area contributed by atoms with E-state index in [0.29, 0.717) is 5.41 Å². The van der Waals surface area contributed by atoms with E-state index in [1.807, 2.05) is 10.9 Å². The molecule has 0 aliphatic heterocycles. The molecule has 1 aromatic carbocycles. The van der Waals surface area contributed by atoms with Crippen LogP contribution in [0, 0.1) is 11.2 Å². The van der Waals surface area contributed by atoms with Gasteiger partial charge >= 0.3 is 0 Å². The zero-order valence-electron chi connectivity index (χ0n) is 11.6. The van der Waals surface area contributed by atoms with Gasteiger partial charge in [-0.2, -0.15) is 5.10 Å². The summed E-state index contributed by atoms with van der Waals surface area (Å²) in [6, 6.07) is 6.53. The third kappa shape index (κ3) is 1.65. The van der Waals surface area contributed by atoms with Gasteiger partial charge in [0.2, 0.25) is 0 Å². The Labute approximate surface area is 117 Å². The Morgan fingerprint density at radius 2 is 2.05 bits per heavy atom. The fourth-order valence-electron chi connectivity index (χ4n) is 3.63. The number of aromatic nitrogens is 2. The smallest absolute Gasteiger partial charge is 0.123 e. The van der Waals surface area contributed by atoms with E-state index in [-0.39, 0.29) is 5.82 Å². The Balaban J connectivity index is 1.83. The first-order chi connectivity index (χ1) is 9.66. The van der Waals surface area contributed by atoms with Gasteiger partial charge in [0.1, 0.15) is 5.82 Å². The van der Waals surface area contributed by atoms with Crippen LogP contribution in [0.5, 0.6) is 0 Å². The van der Waals surface area contributed by atoms with Crippen molar-refractivity contribution in [1.82, 2.24) is 9.78 Å². The summed E-state index contributed by atoms with van der Waals surface area (Å²) in [6.45, 7) is 2.37. The van der Waals surface area contributed by atoms with E-state index in [1.165, 1.54) is 42.7 Å². The van der Waals surface area contributed by atoms with Gasteiger partial charge < -0.3 is 0 Å². The van der Waals surface area contributed by atoms with Crippen molar-refractivity contribution in [2.75, 3.05) is 0 Å². The average molecular weight is 268 g/mol. The lowest BCUT2D eigenvalue weighted by Gasteiger charge is -2.29. The van der Waals surface area contributed by atoms with E-state index < -0.39 is 0 Å². The molecule has 3 heteroatoms. The second kappa shape index (κ2) is 4.05. The zero-order chi connectivity index (χ0) is 13.7. The topological polar surface area (TPSA) is 17.8 Å². The normalized spacial score (nSPS) is 24.2. The van der Waals surface area contributed by atoms with Gasteiger partial charge in [-0.3, -0.25) is 0 Å². The maximum Gasteiger partial charge on any atom is 0.123 e. The Bertz CT molecular complexity index is 696. The largest absolute Gasteiger partial charge is 0.233 e.